The van der Waals surface area contributed by atoms with Gasteiger partial charge < -0.3 is 10.6 Å². The van der Waals surface area contributed by atoms with Crippen LogP contribution in [-0.2, 0) is 16.4 Å². The number of rotatable bonds is 4. The lowest BCUT2D eigenvalue weighted by Gasteiger charge is -2.19. The minimum absolute atomic E-state index is 0.0408. The lowest BCUT2D eigenvalue weighted by molar-refractivity contribution is 0.0767. The molecule has 118 valence electrons. The quantitative estimate of drug-likeness (QED) is 0.830. The summed E-state index contributed by atoms with van der Waals surface area (Å²) in [6.07, 6.45) is 2.86. The Kier molecular flexibility index (Phi) is 5.00. The highest BCUT2D eigenvalue weighted by Gasteiger charge is 2.25. The molecule has 8 heteroatoms. The van der Waals surface area contributed by atoms with E-state index < -0.39 is 9.84 Å². The molecule has 1 aromatic rings. The van der Waals surface area contributed by atoms with Crippen molar-refractivity contribution in [3.63, 3.8) is 0 Å². The predicted octanol–water partition coefficient (Wildman–Crippen LogP) is -0.199. The first-order chi connectivity index (χ1) is 9.94. The third kappa shape index (κ3) is 3.82. The molecule has 2 heterocycles. The van der Waals surface area contributed by atoms with E-state index in [4.69, 9.17) is 5.73 Å². The summed E-state index contributed by atoms with van der Waals surface area (Å²) < 4.78 is 25.0. The molecule has 0 aromatic carbocycles. The summed E-state index contributed by atoms with van der Waals surface area (Å²) in [5, 5.41) is 4.22. The summed E-state index contributed by atoms with van der Waals surface area (Å²) >= 11 is 0. The smallest absolute Gasteiger partial charge is 0.257 e. The van der Waals surface area contributed by atoms with Crippen LogP contribution in [0.5, 0.6) is 0 Å². The van der Waals surface area contributed by atoms with E-state index in [1.54, 1.807) is 15.8 Å². The standard InChI is InChI=1S/C13H22N4O3S/c1-11-12(10-15-17(11)6-2-4-14)13(18)16-5-3-8-21(19,20)9-7-16/h10H,2-9,14H2,1H3. The predicted molar refractivity (Wildman–Crippen MR) is 79.8 cm³/mol. The first-order valence-electron chi connectivity index (χ1n) is 7.17. The minimum atomic E-state index is -3.01. The number of aromatic nitrogens is 2. The molecule has 0 saturated carbocycles. The van der Waals surface area contributed by atoms with Gasteiger partial charge in [0, 0.05) is 25.3 Å². The topological polar surface area (TPSA) is 98.3 Å². The van der Waals surface area contributed by atoms with Crippen LogP contribution in [0.4, 0.5) is 0 Å². The summed E-state index contributed by atoms with van der Waals surface area (Å²) in [5.74, 6) is 0.0635. The highest BCUT2D eigenvalue weighted by Crippen LogP contribution is 2.14. The Morgan fingerprint density at radius 3 is 2.86 bits per heavy atom. The van der Waals surface area contributed by atoms with Gasteiger partial charge in [-0.25, -0.2) is 8.42 Å². The van der Waals surface area contributed by atoms with E-state index in [2.05, 4.69) is 5.10 Å². The van der Waals surface area contributed by atoms with Crippen LogP contribution in [0.3, 0.4) is 0 Å². The number of nitrogens with two attached hydrogens (primary N) is 1. The molecular formula is C13H22N4O3S. The fraction of sp³-hybridized carbons (Fsp3) is 0.692. The largest absolute Gasteiger partial charge is 0.337 e. The summed E-state index contributed by atoms with van der Waals surface area (Å²) in [7, 11) is -3.01. The van der Waals surface area contributed by atoms with E-state index in [9.17, 15) is 13.2 Å². The number of amides is 1. The zero-order valence-electron chi connectivity index (χ0n) is 12.3. The summed E-state index contributed by atoms with van der Waals surface area (Å²) in [6, 6.07) is 0. The Morgan fingerprint density at radius 2 is 2.14 bits per heavy atom. The number of nitrogens with zero attached hydrogens (tertiary/aromatic N) is 3. The highest BCUT2D eigenvalue weighted by atomic mass is 32.2. The zero-order valence-corrected chi connectivity index (χ0v) is 13.1. The number of aryl methyl sites for hydroxylation is 1. The van der Waals surface area contributed by atoms with Crippen molar-refractivity contribution >= 4 is 15.7 Å². The Morgan fingerprint density at radius 1 is 1.38 bits per heavy atom. The normalized spacial score (nSPS) is 18.5. The van der Waals surface area contributed by atoms with Crippen molar-refractivity contribution < 1.29 is 13.2 Å². The van der Waals surface area contributed by atoms with Crippen molar-refractivity contribution in [2.45, 2.75) is 26.3 Å². The van der Waals surface area contributed by atoms with Gasteiger partial charge >= 0.3 is 0 Å². The number of hydrogen-bond donors (Lipinski definition) is 1. The molecule has 2 N–H and O–H groups in total. The monoisotopic (exact) mass is 314 g/mol. The molecule has 0 unspecified atom stereocenters. The summed E-state index contributed by atoms with van der Waals surface area (Å²) in [6.45, 7) is 3.85. The van der Waals surface area contributed by atoms with Crippen LogP contribution in [0.2, 0.25) is 0 Å². The molecule has 1 aliphatic heterocycles. The van der Waals surface area contributed by atoms with Crippen molar-refractivity contribution in [3.05, 3.63) is 17.5 Å². The molecule has 2 rings (SSSR count). The van der Waals surface area contributed by atoms with Gasteiger partial charge in [0.25, 0.3) is 5.91 Å². The van der Waals surface area contributed by atoms with Crippen molar-refractivity contribution in [1.29, 1.82) is 0 Å². The molecule has 0 atom stereocenters. The van der Waals surface area contributed by atoms with Crippen LogP contribution >= 0.6 is 0 Å². The van der Waals surface area contributed by atoms with Crippen LogP contribution in [-0.4, -0.2) is 60.1 Å². The molecule has 0 bridgehead atoms. The van der Waals surface area contributed by atoms with E-state index in [0.29, 0.717) is 31.6 Å². The van der Waals surface area contributed by atoms with E-state index in [-0.39, 0.29) is 24.0 Å². The van der Waals surface area contributed by atoms with Gasteiger partial charge in [-0.1, -0.05) is 0 Å². The number of sulfone groups is 1. The van der Waals surface area contributed by atoms with Crippen LogP contribution in [0.15, 0.2) is 6.20 Å². The lowest BCUT2D eigenvalue weighted by atomic mass is 10.2. The molecular weight excluding hydrogens is 292 g/mol. The molecule has 1 aromatic heterocycles. The van der Waals surface area contributed by atoms with Gasteiger partial charge in [0.15, 0.2) is 9.84 Å². The van der Waals surface area contributed by atoms with Crippen molar-refractivity contribution in [1.82, 2.24) is 14.7 Å². The Labute approximate surface area is 125 Å². The Bertz CT molecular complexity index is 609. The molecule has 0 spiro atoms. The van der Waals surface area contributed by atoms with E-state index in [1.165, 1.54) is 0 Å². The van der Waals surface area contributed by atoms with E-state index in [0.717, 1.165) is 12.1 Å². The van der Waals surface area contributed by atoms with Gasteiger partial charge in [-0.2, -0.15) is 5.10 Å². The SMILES string of the molecule is Cc1c(C(=O)N2CCCS(=O)(=O)CC2)cnn1CCCN. The van der Waals surface area contributed by atoms with Gasteiger partial charge in [-0.3, -0.25) is 9.48 Å². The molecule has 0 aliphatic carbocycles. The van der Waals surface area contributed by atoms with E-state index in [1.807, 2.05) is 6.92 Å². The van der Waals surface area contributed by atoms with Crippen molar-refractivity contribution in [2.75, 3.05) is 31.1 Å². The average Bonchev–Trinajstić information content (AvgIpc) is 2.69. The maximum Gasteiger partial charge on any atom is 0.257 e. The first kappa shape index (κ1) is 16.0. The Hall–Kier alpha value is -1.41. The van der Waals surface area contributed by atoms with Crippen LogP contribution in [0, 0.1) is 6.92 Å². The van der Waals surface area contributed by atoms with Gasteiger partial charge in [-0.05, 0) is 26.3 Å². The van der Waals surface area contributed by atoms with E-state index >= 15 is 0 Å². The average molecular weight is 314 g/mol. The van der Waals surface area contributed by atoms with Crippen LogP contribution < -0.4 is 5.73 Å². The molecule has 7 nitrogen and oxygen atoms in total. The highest BCUT2D eigenvalue weighted by molar-refractivity contribution is 7.91. The zero-order chi connectivity index (χ0) is 15.5. The molecule has 21 heavy (non-hydrogen) atoms. The molecule has 1 saturated heterocycles. The number of carbonyl (C=O) groups excluding carboxylic acids is 1. The third-order valence-electron chi connectivity index (χ3n) is 3.75. The number of carbonyl (C=O) groups is 1. The lowest BCUT2D eigenvalue weighted by Crippen LogP contribution is -2.33. The maximum atomic E-state index is 12.5. The van der Waals surface area contributed by atoms with Gasteiger partial charge in [0.05, 0.1) is 23.3 Å². The maximum absolute atomic E-state index is 12.5. The summed E-state index contributed by atoms with van der Waals surface area (Å²) in [5.41, 5.74) is 6.83. The fourth-order valence-electron chi connectivity index (χ4n) is 2.43. The van der Waals surface area contributed by atoms with Crippen molar-refractivity contribution in [2.24, 2.45) is 5.73 Å². The van der Waals surface area contributed by atoms with Gasteiger partial charge in [0.2, 0.25) is 0 Å². The van der Waals surface area contributed by atoms with Gasteiger partial charge in [0.1, 0.15) is 0 Å². The minimum Gasteiger partial charge on any atom is -0.337 e. The third-order valence-corrected chi connectivity index (χ3v) is 5.47. The molecule has 0 radical (unpaired) electrons. The van der Waals surface area contributed by atoms with Crippen LogP contribution in [0.25, 0.3) is 0 Å². The fourth-order valence-corrected chi connectivity index (χ4v) is 3.71. The molecule has 1 aliphatic rings. The van der Waals surface area contributed by atoms with Gasteiger partial charge in [-0.15, -0.1) is 0 Å². The number of hydrogen-bond acceptors (Lipinski definition) is 5. The van der Waals surface area contributed by atoms with Crippen molar-refractivity contribution in [3.8, 4) is 0 Å². The Balaban J connectivity index is 2.11. The molecule has 1 fully saturated rings. The van der Waals surface area contributed by atoms with Crippen LogP contribution in [0.1, 0.15) is 28.9 Å². The first-order valence-corrected chi connectivity index (χ1v) is 8.99. The second kappa shape index (κ2) is 6.57. The summed E-state index contributed by atoms with van der Waals surface area (Å²) in [4.78, 5) is 14.1. The second-order valence-electron chi connectivity index (χ2n) is 5.31. The second-order valence-corrected chi connectivity index (χ2v) is 7.61. The molecule has 1 amide bonds.